The molecule has 84 valence electrons. The van der Waals surface area contributed by atoms with E-state index < -0.39 is 6.10 Å². The maximum absolute atomic E-state index is 9.06. The van der Waals surface area contributed by atoms with Crippen LogP contribution in [-0.4, -0.2) is 36.0 Å². The first-order chi connectivity index (χ1) is 7.22. The van der Waals surface area contributed by atoms with Crippen molar-refractivity contribution in [3.8, 4) is 0 Å². The Morgan fingerprint density at radius 2 is 1.93 bits per heavy atom. The normalized spacial score (nSPS) is 12.7. The summed E-state index contributed by atoms with van der Waals surface area (Å²) >= 11 is 5.76. The van der Waals surface area contributed by atoms with Crippen LogP contribution in [0.1, 0.15) is 5.56 Å². The van der Waals surface area contributed by atoms with Gasteiger partial charge in [-0.05, 0) is 30.7 Å². The molecule has 0 amide bonds. The van der Waals surface area contributed by atoms with Crippen LogP contribution < -0.4 is 5.32 Å². The number of aliphatic hydroxyl groups excluding tert-OH is 2. The Balaban J connectivity index is 2.17. The van der Waals surface area contributed by atoms with Crippen molar-refractivity contribution in [1.82, 2.24) is 5.32 Å². The lowest BCUT2D eigenvalue weighted by Gasteiger charge is -2.08. The van der Waals surface area contributed by atoms with Crippen LogP contribution in [0.3, 0.4) is 0 Å². The molecular formula is C11H16ClNO2. The Labute approximate surface area is 94.7 Å². The molecule has 1 unspecified atom stereocenters. The summed E-state index contributed by atoms with van der Waals surface area (Å²) in [6.45, 7) is 0.997. The van der Waals surface area contributed by atoms with Crippen molar-refractivity contribution in [2.45, 2.75) is 12.5 Å². The molecule has 15 heavy (non-hydrogen) atoms. The van der Waals surface area contributed by atoms with Crippen LogP contribution >= 0.6 is 11.6 Å². The molecule has 0 heterocycles. The van der Waals surface area contributed by atoms with E-state index in [2.05, 4.69) is 5.32 Å². The van der Waals surface area contributed by atoms with Crippen LogP contribution in [0.5, 0.6) is 0 Å². The van der Waals surface area contributed by atoms with Crippen LogP contribution in [-0.2, 0) is 6.42 Å². The quantitative estimate of drug-likeness (QED) is 0.634. The minimum absolute atomic E-state index is 0.200. The number of nitrogens with one attached hydrogen (secondary N) is 1. The average Bonchev–Trinajstić information content (AvgIpc) is 2.26. The molecule has 0 saturated carbocycles. The van der Waals surface area contributed by atoms with E-state index in [0.29, 0.717) is 6.54 Å². The number of rotatable bonds is 6. The lowest BCUT2D eigenvalue weighted by atomic mass is 10.1. The van der Waals surface area contributed by atoms with Crippen molar-refractivity contribution in [2.75, 3.05) is 19.7 Å². The predicted octanol–water partition coefficient (Wildman–Crippen LogP) is 0.825. The van der Waals surface area contributed by atoms with Crippen molar-refractivity contribution in [3.63, 3.8) is 0 Å². The Morgan fingerprint density at radius 1 is 1.27 bits per heavy atom. The SMILES string of the molecule is OCC(O)CNCCc1ccc(Cl)cc1. The van der Waals surface area contributed by atoms with Gasteiger partial charge in [-0.2, -0.15) is 0 Å². The minimum atomic E-state index is -0.671. The van der Waals surface area contributed by atoms with E-state index in [1.54, 1.807) is 0 Å². The molecule has 3 nitrogen and oxygen atoms in total. The Morgan fingerprint density at radius 3 is 2.53 bits per heavy atom. The van der Waals surface area contributed by atoms with Gasteiger partial charge in [0.25, 0.3) is 0 Å². The fourth-order valence-electron chi connectivity index (χ4n) is 1.22. The van der Waals surface area contributed by atoms with Crippen molar-refractivity contribution in [3.05, 3.63) is 34.9 Å². The Bertz CT molecular complexity index is 276. The van der Waals surface area contributed by atoms with Gasteiger partial charge < -0.3 is 15.5 Å². The fraction of sp³-hybridized carbons (Fsp3) is 0.455. The highest BCUT2D eigenvalue weighted by Gasteiger charge is 2.00. The van der Waals surface area contributed by atoms with Gasteiger partial charge in [-0.1, -0.05) is 23.7 Å². The largest absolute Gasteiger partial charge is 0.394 e. The van der Waals surface area contributed by atoms with E-state index in [0.717, 1.165) is 18.0 Å². The van der Waals surface area contributed by atoms with Crippen LogP contribution in [0, 0.1) is 0 Å². The molecule has 1 aromatic rings. The maximum Gasteiger partial charge on any atom is 0.0894 e. The lowest BCUT2D eigenvalue weighted by Crippen LogP contribution is -2.30. The fourth-order valence-corrected chi connectivity index (χ4v) is 1.34. The molecule has 3 N–H and O–H groups in total. The number of aliphatic hydroxyl groups is 2. The van der Waals surface area contributed by atoms with E-state index in [1.165, 1.54) is 5.56 Å². The first-order valence-corrected chi connectivity index (χ1v) is 5.34. The molecule has 0 fully saturated rings. The second kappa shape index (κ2) is 6.80. The maximum atomic E-state index is 9.06. The van der Waals surface area contributed by atoms with Crippen LogP contribution in [0.2, 0.25) is 5.02 Å². The molecule has 0 radical (unpaired) electrons. The van der Waals surface area contributed by atoms with Gasteiger partial charge in [0.15, 0.2) is 0 Å². The van der Waals surface area contributed by atoms with Crippen molar-refractivity contribution < 1.29 is 10.2 Å². The predicted molar refractivity (Wildman–Crippen MR) is 61.1 cm³/mol. The van der Waals surface area contributed by atoms with Gasteiger partial charge in [0.05, 0.1) is 12.7 Å². The van der Waals surface area contributed by atoms with E-state index >= 15 is 0 Å². The zero-order chi connectivity index (χ0) is 11.1. The summed E-state index contributed by atoms with van der Waals surface area (Å²) in [4.78, 5) is 0. The first-order valence-electron chi connectivity index (χ1n) is 4.96. The molecule has 0 aliphatic rings. The third-order valence-corrected chi connectivity index (χ3v) is 2.35. The van der Waals surface area contributed by atoms with Crippen LogP contribution in [0.15, 0.2) is 24.3 Å². The molecule has 0 bridgehead atoms. The molecule has 4 heteroatoms. The summed E-state index contributed by atoms with van der Waals surface area (Å²) in [5.41, 5.74) is 1.20. The average molecular weight is 230 g/mol. The zero-order valence-electron chi connectivity index (χ0n) is 8.49. The molecule has 0 spiro atoms. The highest BCUT2D eigenvalue weighted by molar-refractivity contribution is 6.30. The van der Waals surface area contributed by atoms with Gasteiger partial charge >= 0.3 is 0 Å². The molecule has 1 atom stereocenters. The van der Waals surface area contributed by atoms with Crippen molar-refractivity contribution >= 4 is 11.6 Å². The van der Waals surface area contributed by atoms with Gasteiger partial charge in [0, 0.05) is 11.6 Å². The third-order valence-electron chi connectivity index (χ3n) is 2.09. The van der Waals surface area contributed by atoms with E-state index in [4.69, 9.17) is 21.8 Å². The summed E-state index contributed by atoms with van der Waals surface area (Å²) < 4.78 is 0. The second-order valence-corrected chi connectivity index (χ2v) is 3.85. The van der Waals surface area contributed by atoms with Gasteiger partial charge in [-0.3, -0.25) is 0 Å². The Hall–Kier alpha value is -0.610. The van der Waals surface area contributed by atoms with E-state index in [-0.39, 0.29) is 6.61 Å². The zero-order valence-corrected chi connectivity index (χ0v) is 9.24. The van der Waals surface area contributed by atoms with Gasteiger partial charge in [-0.25, -0.2) is 0 Å². The molecule has 1 rings (SSSR count). The highest BCUT2D eigenvalue weighted by Crippen LogP contribution is 2.09. The number of benzene rings is 1. The van der Waals surface area contributed by atoms with Gasteiger partial charge in [0.1, 0.15) is 0 Å². The summed E-state index contributed by atoms with van der Waals surface area (Å²) in [6, 6.07) is 7.68. The topological polar surface area (TPSA) is 52.5 Å². The number of hydrogen-bond donors (Lipinski definition) is 3. The number of halogens is 1. The summed E-state index contributed by atoms with van der Waals surface area (Å²) in [7, 11) is 0. The lowest BCUT2D eigenvalue weighted by molar-refractivity contribution is 0.0947. The van der Waals surface area contributed by atoms with E-state index in [9.17, 15) is 0 Å². The summed E-state index contributed by atoms with van der Waals surface area (Å²) in [6.07, 6.45) is 0.213. The Kier molecular flexibility index (Phi) is 5.65. The summed E-state index contributed by atoms with van der Waals surface area (Å²) in [5.74, 6) is 0. The third kappa shape index (κ3) is 5.14. The highest BCUT2D eigenvalue weighted by atomic mass is 35.5. The smallest absolute Gasteiger partial charge is 0.0894 e. The monoisotopic (exact) mass is 229 g/mol. The van der Waals surface area contributed by atoms with E-state index in [1.807, 2.05) is 24.3 Å². The van der Waals surface area contributed by atoms with Crippen molar-refractivity contribution in [1.29, 1.82) is 0 Å². The van der Waals surface area contributed by atoms with Gasteiger partial charge in [-0.15, -0.1) is 0 Å². The minimum Gasteiger partial charge on any atom is -0.394 e. The van der Waals surface area contributed by atoms with Crippen molar-refractivity contribution in [2.24, 2.45) is 0 Å². The number of hydrogen-bond acceptors (Lipinski definition) is 3. The first kappa shape index (κ1) is 12.5. The summed E-state index contributed by atoms with van der Waals surface area (Å²) in [5, 5.41) is 21.4. The van der Waals surface area contributed by atoms with Crippen LogP contribution in [0.25, 0.3) is 0 Å². The molecule has 0 saturated heterocycles. The molecule has 0 aliphatic heterocycles. The van der Waals surface area contributed by atoms with Gasteiger partial charge in [0.2, 0.25) is 0 Å². The van der Waals surface area contributed by atoms with Crippen LogP contribution in [0.4, 0.5) is 0 Å². The molecule has 1 aromatic carbocycles. The second-order valence-electron chi connectivity index (χ2n) is 3.42. The molecule has 0 aromatic heterocycles. The molecule has 0 aliphatic carbocycles. The standard InChI is InChI=1S/C11H16ClNO2/c12-10-3-1-9(2-4-10)5-6-13-7-11(15)8-14/h1-4,11,13-15H,5-8H2. The molecular weight excluding hydrogens is 214 g/mol.